The van der Waals surface area contributed by atoms with Gasteiger partial charge in [-0.15, -0.1) is 11.3 Å². The van der Waals surface area contributed by atoms with Gasteiger partial charge in [0.15, 0.2) is 0 Å². The van der Waals surface area contributed by atoms with E-state index in [2.05, 4.69) is 20.9 Å². The van der Waals surface area contributed by atoms with Gasteiger partial charge in [-0.25, -0.2) is 4.98 Å². The van der Waals surface area contributed by atoms with Crippen molar-refractivity contribution >= 4 is 27.3 Å². The Hall–Kier alpha value is 0.110. The Bertz CT molecular complexity index is 217. The van der Waals surface area contributed by atoms with Gasteiger partial charge in [0.25, 0.3) is 0 Å². The molecule has 1 nitrogen and oxygen atoms in total. The number of rotatable bonds is 1. The summed E-state index contributed by atoms with van der Waals surface area (Å²) in [6.45, 7) is 0. The van der Waals surface area contributed by atoms with Gasteiger partial charge in [-0.05, 0) is 28.8 Å². The van der Waals surface area contributed by atoms with E-state index in [4.69, 9.17) is 0 Å². The second kappa shape index (κ2) is 2.06. The average Bonchev–Trinajstić information content (AvgIpc) is 2.58. The smallest absolute Gasteiger partial charge is 0.0967 e. The van der Waals surface area contributed by atoms with Crippen molar-refractivity contribution < 1.29 is 0 Å². The molecule has 0 unspecified atom stereocenters. The molecule has 1 heterocycles. The van der Waals surface area contributed by atoms with Crippen LogP contribution < -0.4 is 0 Å². The monoisotopic (exact) mass is 203 g/mol. The van der Waals surface area contributed by atoms with Crippen LogP contribution in [0.15, 0.2) is 9.98 Å². The van der Waals surface area contributed by atoms with Crippen LogP contribution >= 0.6 is 27.3 Å². The number of halogens is 1. The first-order valence-corrected chi connectivity index (χ1v) is 4.58. The maximum atomic E-state index is 4.25. The molecular weight excluding hydrogens is 198 g/mol. The van der Waals surface area contributed by atoms with Crippen molar-refractivity contribution in [2.45, 2.75) is 18.8 Å². The van der Waals surface area contributed by atoms with Crippen LogP contribution in [0.25, 0.3) is 0 Å². The zero-order chi connectivity index (χ0) is 6.27. The molecule has 0 N–H and O–H groups in total. The van der Waals surface area contributed by atoms with E-state index in [1.54, 1.807) is 11.3 Å². The maximum absolute atomic E-state index is 4.25. The SMILES string of the molecule is Brc1cnc(C2CC2)s1. The average molecular weight is 204 g/mol. The molecule has 3 heteroatoms. The molecule has 1 saturated carbocycles. The summed E-state index contributed by atoms with van der Waals surface area (Å²) in [5, 5.41) is 1.31. The zero-order valence-electron chi connectivity index (χ0n) is 4.80. The van der Waals surface area contributed by atoms with E-state index in [-0.39, 0.29) is 0 Å². The standard InChI is InChI=1S/C6H6BrNS/c7-5-3-8-6(9-5)4-1-2-4/h3-4H,1-2H2. The summed E-state index contributed by atoms with van der Waals surface area (Å²) in [5.74, 6) is 0.807. The summed E-state index contributed by atoms with van der Waals surface area (Å²) >= 11 is 5.15. The van der Waals surface area contributed by atoms with Crippen LogP contribution in [-0.2, 0) is 0 Å². The minimum atomic E-state index is 0.807. The molecule has 1 aromatic heterocycles. The van der Waals surface area contributed by atoms with Gasteiger partial charge in [0, 0.05) is 5.92 Å². The van der Waals surface area contributed by atoms with Crippen molar-refractivity contribution in [2.24, 2.45) is 0 Å². The highest BCUT2D eigenvalue weighted by atomic mass is 79.9. The summed E-state index contributed by atoms with van der Waals surface area (Å²) in [5.41, 5.74) is 0. The quantitative estimate of drug-likeness (QED) is 0.685. The lowest BCUT2D eigenvalue weighted by atomic mass is 10.5. The van der Waals surface area contributed by atoms with Gasteiger partial charge in [-0.3, -0.25) is 0 Å². The molecule has 1 aliphatic carbocycles. The van der Waals surface area contributed by atoms with Crippen LogP contribution in [0.3, 0.4) is 0 Å². The summed E-state index contributed by atoms with van der Waals surface area (Å²) in [6, 6.07) is 0. The summed E-state index contributed by atoms with van der Waals surface area (Å²) < 4.78 is 1.16. The molecule has 0 amide bonds. The molecule has 9 heavy (non-hydrogen) atoms. The van der Waals surface area contributed by atoms with Gasteiger partial charge in [-0.1, -0.05) is 0 Å². The predicted molar refractivity (Wildman–Crippen MR) is 41.8 cm³/mol. The third-order valence-corrected chi connectivity index (χ3v) is 3.06. The third kappa shape index (κ3) is 1.17. The fourth-order valence-corrected chi connectivity index (χ4v) is 2.20. The maximum Gasteiger partial charge on any atom is 0.0967 e. The van der Waals surface area contributed by atoms with E-state index in [9.17, 15) is 0 Å². The van der Waals surface area contributed by atoms with Crippen molar-refractivity contribution in [3.63, 3.8) is 0 Å². The molecule has 0 atom stereocenters. The highest BCUT2D eigenvalue weighted by Crippen LogP contribution is 2.42. The van der Waals surface area contributed by atoms with Crippen LogP contribution in [0.4, 0.5) is 0 Å². The largest absolute Gasteiger partial charge is 0.248 e. The fourth-order valence-electron chi connectivity index (χ4n) is 0.786. The topological polar surface area (TPSA) is 12.9 Å². The molecule has 0 saturated heterocycles. The Morgan fingerprint density at radius 3 is 2.89 bits per heavy atom. The first kappa shape index (κ1) is 5.86. The van der Waals surface area contributed by atoms with Crippen LogP contribution in [-0.4, -0.2) is 4.98 Å². The predicted octanol–water partition coefficient (Wildman–Crippen LogP) is 2.78. The van der Waals surface area contributed by atoms with Gasteiger partial charge >= 0.3 is 0 Å². The second-order valence-corrected chi connectivity index (χ2v) is 4.72. The molecular formula is C6H6BrNS. The van der Waals surface area contributed by atoms with E-state index in [0.29, 0.717) is 0 Å². The second-order valence-electron chi connectivity index (χ2n) is 2.28. The molecule has 1 aliphatic rings. The molecule has 0 aromatic carbocycles. The normalized spacial score (nSPS) is 18.3. The van der Waals surface area contributed by atoms with E-state index < -0.39 is 0 Å². The Morgan fingerprint density at radius 1 is 1.67 bits per heavy atom. The van der Waals surface area contributed by atoms with Gasteiger partial charge < -0.3 is 0 Å². The van der Waals surface area contributed by atoms with Crippen LogP contribution in [0, 0.1) is 0 Å². The highest BCUT2D eigenvalue weighted by Gasteiger charge is 2.26. The minimum Gasteiger partial charge on any atom is -0.248 e. The van der Waals surface area contributed by atoms with Crippen LogP contribution in [0.5, 0.6) is 0 Å². The van der Waals surface area contributed by atoms with Gasteiger partial charge in [0.2, 0.25) is 0 Å². The van der Waals surface area contributed by atoms with Crippen molar-refractivity contribution in [3.05, 3.63) is 15.0 Å². The fraction of sp³-hybridized carbons (Fsp3) is 0.500. The van der Waals surface area contributed by atoms with Crippen molar-refractivity contribution in [2.75, 3.05) is 0 Å². The van der Waals surface area contributed by atoms with E-state index in [1.165, 1.54) is 17.8 Å². The molecule has 0 spiro atoms. The first-order valence-electron chi connectivity index (χ1n) is 2.97. The summed E-state index contributed by atoms with van der Waals surface area (Å²) in [6.07, 6.45) is 4.58. The lowest BCUT2D eigenvalue weighted by Crippen LogP contribution is -1.70. The first-order chi connectivity index (χ1) is 4.36. The molecule has 48 valence electrons. The van der Waals surface area contributed by atoms with Crippen LogP contribution in [0.1, 0.15) is 23.8 Å². The lowest BCUT2D eigenvalue weighted by Gasteiger charge is -1.81. The number of aromatic nitrogens is 1. The molecule has 0 aliphatic heterocycles. The number of thiazole rings is 1. The van der Waals surface area contributed by atoms with Crippen molar-refractivity contribution in [1.82, 2.24) is 4.98 Å². The van der Waals surface area contributed by atoms with Gasteiger partial charge in [-0.2, -0.15) is 0 Å². The van der Waals surface area contributed by atoms with E-state index >= 15 is 0 Å². The lowest BCUT2D eigenvalue weighted by molar-refractivity contribution is 1.08. The Labute approximate surface area is 66.2 Å². The summed E-state index contributed by atoms with van der Waals surface area (Å²) in [4.78, 5) is 4.25. The number of hydrogen-bond donors (Lipinski definition) is 0. The molecule has 2 rings (SSSR count). The Balaban J connectivity index is 2.28. The number of nitrogens with zero attached hydrogens (tertiary/aromatic N) is 1. The molecule has 0 radical (unpaired) electrons. The van der Waals surface area contributed by atoms with E-state index in [1.807, 2.05) is 6.20 Å². The highest BCUT2D eigenvalue weighted by molar-refractivity contribution is 9.11. The third-order valence-electron chi connectivity index (χ3n) is 1.42. The van der Waals surface area contributed by atoms with Crippen LogP contribution in [0.2, 0.25) is 0 Å². The van der Waals surface area contributed by atoms with Gasteiger partial charge in [0.05, 0.1) is 15.0 Å². The van der Waals surface area contributed by atoms with Crippen molar-refractivity contribution in [1.29, 1.82) is 0 Å². The van der Waals surface area contributed by atoms with Crippen molar-refractivity contribution in [3.8, 4) is 0 Å². The molecule has 1 aromatic rings. The molecule has 1 fully saturated rings. The molecule has 0 bridgehead atoms. The van der Waals surface area contributed by atoms with E-state index in [0.717, 1.165) is 9.70 Å². The summed E-state index contributed by atoms with van der Waals surface area (Å²) in [7, 11) is 0. The van der Waals surface area contributed by atoms with Gasteiger partial charge in [0.1, 0.15) is 0 Å². The Morgan fingerprint density at radius 2 is 2.44 bits per heavy atom. The Kier molecular flexibility index (Phi) is 1.34. The number of hydrogen-bond acceptors (Lipinski definition) is 2. The zero-order valence-corrected chi connectivity index (χ0v) is 7.20. The minimum absolute atomic E-state index is 0.807.